The van der Waals surface area contributed by atoms with Crippen LogP contribution >= 0.6 is 0 Å². The van der Waals surface area contributed by atoms with E-state index in [0.29, 0.717) is 11.7 Å². The van der Waals surface area contributed by atoms with Gasteiger partial charge in [0, 0.05) is 31.0 Å². The van der Waals surface area contributed by atoms with Gasteiger partial charge in [0.25, 0.3) is 5.91 Å². The summed E-state index contributed by atoms with van der Waals surface area (Å²) < 4.78 is 0. The maximum absolute atomic E-state index is 12.4. The molecule has 4 heteroatoms. The number of carbonyl (C=O) groups is 1. The van der Waals surface area contributed by atoms with Crippen LogP contribution in [0.15, 0.2) is 18.3 Å². The minimum atomic E-state index is 0.0686. The highest BCUT2D eigenvalue weighted by atomic mass is 16.2. The molecule has 0 aromatic carbocycles. The molecular weight excluding hydrogens is 226 g/mol. The minimum absolute atomic E-state index is 0.0686. The van der Waals surface area contributed by atoms with Crippen molar-refractivity contribution in [1.29, 1.82) is 0 Å². The van der Waals surface area contributed by atoms with E-state index in [4.69, 9.17) is 0 Å². The molecule has 1 aromatic heterocycles. The molecule has 1 amide bonds. The van der Waals surface area contributed by atoms with Gasteiger partial charge >= 0.3 is 0 Å². The van der Waals surface area contributed by atoms with Gasteiger partial charge in [-0.2, -0.15) is 0 Å². The van der Waals surface area contributed by atoms with Crippen molar-refractivity contribution in [2.45, 2.75) is 39.2 Å². The lowest BCUT2D eigenvalue weighted by Gasteiger charge is -2.23. The number of pyridine rings is 1. The molecule has 1 unspecified atom stereocenters. The van der Waals surface area contributed by atoms with Crippen LogP contribution in [0.2, 0.25) is 0 Å². The van der Waals surface area contributed by atoms with Crippen molar-refractivity contribution in [2.24, 2.45) is 0 Å². The molecule has 0 radical (unpaired) electrons. The summed E-state index contributed by atoms with van der Waals surface area (Å²) in [4.78, 5) is 18.6. The molecule has 4 nitrogen and oxygen atoms in total. The first kappa shape index (κ1) is 12.9. The first-order valence-electron chi connectivity index (χ1n) is 6.77. The van der Waals surface area contributed by atoms with Crippen molar-refractivity contribution in [1.82, 2.24) is 9.88 Å². The fourth-order valence-corrected chi connectivity index (χ4v) is 2.54. The molecule has 1 atom stereocenters. The lowest BCUT2D eigenvalue weighted by molar-refractivity contribution is 0.0728. The van der Waals surface area contributed by atoms with E-state index >= 15 is 0 Å². The molecule has 0 spiro atoms. The molecule has 1 N–H and O–H groups in total. The third kappa shape index (κ3) is 2.63. The molecule has 2 heterocycles. The summed E-state index contributed by atoms with van der Waals surface area (Å²) in [5, 5.41) is 3.21. The maximum Gasteiger partial charge on any atom is 0.272 e. The van der Waals surface area contributed by atoms with Crippen molar-refractivity contribution < 1.29 is 4.79 Å². The molecule has 18 heavy (non-hydrogen) atoms. The predicted octanol–water partition coefficient (Wildman–Crippen LogP) is 2.53. The molecule has 2 rings (SSSR count). The second kappa shape index (κ2) is 5.85. The van der Waals surface area contributed by atoms with Crippen molar-refractivity contribution in [3.63, 3.8) is 0 Å². The van der Waals surface area contributed by atoms with Crippen LogP contribution in [0.3, 0.4) is 0 Å². The number of rotatable bonds is 4. The number of nitrogens with one attached hydrogen (secondary N) is 1. The van der Waals surface area contributed by atoms with E-state index in [9.17, 15) is 4.79 Å². The maximum atomic E-state index is 12.4. The van der Waals surface area contributed by atoms with E-state index < -0.39 is 0 Å². The first-order chi connectivity index (χ1) is 8.76. The lowest BCUT2D eigenvalue weighted by Crippen LogP contribution is -2.35. The molecule has 1 aliphatic heterocycles. The largest absolute Gasteiger partial charge is 0.385 e. The van der Waals surface area contributed by atoms with Gasteiger partial charge in [-0.15, -0.1) is 0 Å². The monoisotopic (exact) mass is 247 g/mol. The van der Waals surface area contributed by atoms with Crippen LogP contribution in [0.4, 0.5) is 5.69 Å². The average Bonchev–Trinajstić information content (AvgIpc) is 2.87. The smallest absolute Gasteiger partial charge is 0.272 e. The Balaban J connectivity index is 2.15. The summed E-state index contributed by atoms with van der Waals surface area (Å²) in [5.74, 6) is 0.0686. The Bertz CT molecular complexity index is 419. The second-order valence-corrected chi connectivity index (χ2v) is 4.66. The lowest BCUT2D eigenvalue weighted by atomic mass is 10.1. The predicted molar refractivity (Wildman–Crippen MR) is 72.8 cm³/mol. The molecule has 1 saturated heterocycles. The van der Waals surface area contributed by atoms with Gasteiger partial charge in [0.1, 0.15) is 5.69 Å². The summed E-state index contributed by atoms with van der Waals surface area (Å²) in [5.41, 5.74) is 1.51. The number of hydrogen-bond donors (Lipinski definition) is 1. The fourth-order valence-electron chi connectivity index (χ4n) is 2.54. The van der Waals surface area contributed by atoms with Crippen LogP contribution in [-0.4, -0.2) is 34.9 Å². The SMILES string of the molecule is CCNc1ccnc(C(=O)N2CCCC2CC)c1. The molecule has 0 aliphatic carbocycles. The van der Waals surface area contributed by atoms with E-state index in [1.807, 2.05) is 24.0 Å². The van der Waals surface area contributed by atoms with E-state index in [1.54, 1.807) is 6.20 Å². The van der Waals surface area contributed by atoms with Crippen LogP contribution in [0, 0.1) is 0 Å². The minimum Gasteiger partial charge on any atom is -0.385 e. The van der Waals surface area contributed by atoms with Gasteiger partial charge in [0.2, 0.25) is 0 Å². The van der Waals surface area contributed by atoms with Crippen molar-refractivity contribution in [2.75, 3.05) is 18.4 Å². The van der Waals surface area contributed by atoms with Gasteiger partial charge < -0.3 is 10.2 Å². The molecular formula is C14H21N3O. The highest BCUT2D eigenvalue weighted by Crippen LogP contribution is 2.22. The second-order valence-electron chi connectivity index (χ2n) is 4.66. The highest BCUT2D eigenvalue weighted by molar-refractivity contribution is 5.93. The van der Waals surface area contributed by atoms with E-state index in [1.165, 1.54) is 0 Å². The van der Waals surface area contributed by atoms with Gasteiger partial charge in [-0.05, 0) is 38.3 Å². The van der Waals surface area contributed by atoms with Gasteiger partial charge in [-0.25, -0.2) is 0 Å². The molecule has 1 fully saturated rings. The number of amides is 1. The Morgan fingerprint density at radius 2 is 2.39 bits per heavy atom. The summed E-state index contributed by atoms with van der Waals surface area (Å²) in [7, 11) is 0. The zero-order valence-electron chi connectivity index (χ0n) is 11.1. The molecule has 98 valence electrons. The van der Waals surface area contributed by atoms with Crippen LogP contribution in [-0.2, 0) is 0 Å². The third-order valence-corrected chi connectivity index (χ3v) is 3.47. The van der Waals surface area contributed by atoms with E-state index in [2.05, 4.69) is 17.2 Å². The number of anilines is 1. The van der Waals surface area contributed by atoms with Crippen molar-refractivity contribution in [3.05, 3.63) is 24.0 Å². The molecule has 0 bridgehead atoms. The van der Waals surface area contributed by atoms with E-state index in [0.717, 1.165) is 38.0 Å². The molecule has 0 saturated carbocycles. The molecule has 1 aromatic rings. The zero-order chi connectivity index (χ0) is 13.0. The fraction of sp³-hybridized carbons (Fsp3) is 0.571. The number of nitrogens with zero attached hydrogens (tertiary/aromatic N) is 2. The van der Waals surface area contributed by atoms with Gasteiger partial charge in [-0.3, -0.25) is 9.78 Å². The topological polar surface area (TPSA) is 45.2 Å². The van der Waals surface area contributed by atoms with Gasteiger partial charge in [0.15, 0.2) is 0 Å². The van der Waals surface area contributed by atoms with Crippen LogP contribution in [0.5, 0.6) is 0 Å². The Kier molecular flexibility index (Phi) is 4.18. The zero-order valence-corrected chi connectivity index (χ0v) is 11.1. The van der Waals surface area contributed by atoms with Crippen molar-refractivity contribution >= 4 is 11.6 Å². The Labute approximate surface area is 108 Å². The van der Waals surface area contributed by atoms with E-state index in [-0.39, 0.29) is 5.91 Å². The summed E-state index contributed by atoms with van der Waals surface area (Å²) in [6.45, 7) is 5.89. The number of hydrogen-bond acceptors (Lipinski definition) is 3. The Morgan fingerprint density at radius 1 is 1.56 bits per heavy atom. The number of likely N-dealkylation sites (tertiary alicyclic amines) is 1. The third-order valence-electron chi connectivity index (χ3n) is 3.47. The summed E-state index contributed by atoms with van der Waals surface area (Å²) in [6, 6.07) is 4.13. The van der Waals surface area contributed by atoms with Gasteiger partial charge in [0.05, 0.1) is 0 Å². The molecule has 1 aliphatic rings. The highest BCUT2D eigenvalue weighted by Gasteiger charge is 2.28. The normalized spacial score (nSPS) is 19.0. The number of carbonyl (C=O) groups excluding carboxylic acids is 1. The number of aromatic nitrogens is 1. The van der Waals surface area contributed by atoms with Crippen molar-refractivity contribution in [3.8, 4) is 0 Å². The van der Waals surface area contributed by atoms with Crippen LogP contribution in [0.1, 0.15) is 43.6 Å². The average molecular weight is 247 g/mol. The van der Waals surface area contributed by atoms with Crippen LogP contribution < -0.4 is 5.32 Å². The standard InChI is InChI=1S/C14H21N3O/c1-3-12-6-5-9-17(12)14(18)13-10-11(15-4-2)7-8-16-13/h7-8,10,12H,3-6,9H2,1-2H3,(H,15,16). The Hall–Kier alpha value is -1.58. The Morgan fingerprint density at radius 3 is 3.11 bits per heavy atom. The van der Waals surface area contributed by atoms with Crippen LogP contribution in [0.25, 0.3) is 0 Å². The summed E-state index contributed by atoms with van der Waals surface area (Å²) in [6.07, 6.45) is 4.95. The first-order valence-corrected chi connectivity index (χ1v) is 6.77. The quantitative estimate of drug-likeness (QED) is 0.889. The summed E-state index contributed by atoms with van der Waals surface area (Å²) >= 11 is 0. The van der Waals surface area contributed by atoms with Gasteiger partial charge in [-0.1, -0.05) is 6.92 Å².